The molecule has 0 saturated carbocycles. The van der Waals surface area contributed by atoms with Crippen molar-refractivity contribution in [2.45, 2.75) is 47.9 Å². The first kappa shape index (κ1) is 26.6. The van der Waals surface area contributed by atoms with Crippen LogP contribution >= 0.6 is 11.8 Å². The first-order valence-corrected chi connectivity index (χ1v) is 8.37. The van der Waals surface area contributed by atoms with Gasteiger partial charge in [-0.15, -0.1) is 6.58 Å². The lowest BCUT2D eigenvalue weighted by Crippen LogP contribution is -2.76. The molecule has 1 rings (SSSR count). The number of nitrogens with one attached hydrogen (secondary N) is 1. The molecule has 0 aromatic heterocycles. The van der Waals surface area contributed by atoms with Gasteiger partial charge in [-0.05, 0) is 0 Å². The SMILES string of the molecule is C=CCSC1=NCCC(O)(C(F)(F)C(F)(F)C(F)(F)C(F)(F)C(F)(F)C(F)(F)F)N1. The minimum absolute atomic E-state index is 0.143. The van der Waals surface area contributed by atoms with Gasteiger partial charge in [-0.1, -0.05) is 17.8 Å². The van der Waals surface area contributed by atoms with Crippen molar-refractivity contribution in [3.63, 3.8) is 0 Å². The number of amidine groups is 1. The summed E-state index contributed by atoms with van der Waals surface area (Å²) in [6, 6.07) is 0. The second kappa shape index (κ2) is 7.63. The number of alkyl halides is 13. The summed E-state index contributed by atoms with van der Waals surface area (Å²) in [5, 5.41) is 10.2. The molecule has 0 aliphatic carbocycles. The van der Waals surface area contributed by atoms with Crippen LogP contribution in [0.3, 0.4) is 0 Å². The third-order valence-corrected chi connectivity index (χ3v) is 4.74. The van der Waals surface area contributed by atoms with Crippen molar-refractivity contribution in [2.24, 2.45) is 4.99 Å². The maximum Gasteiger partial charge on any atom is 0.460 e. The van der Waals surface area contributed by atoms with Gasteiger partial charge in [0.15, 0.2) is 5.17 Å². The number of hydrogen-bond donors (Lipinski definition) is 2. The summed E-state index contributed by atoms with van der Waals surface area (Å²) in [6.45, 7) is 2.26. The molecule has 1 atom stereocenters. The highest BCUT2D eigenvalue weighted by atomic mass is 32.2. The zero-order valence-corrected chi connectivity index (χ0v) is 14.9. The molecular weight excluding hydrogens is 479 g/mol. The first-order valence-electron chi connectivity index (χ1n) is 7.38. The van der Waals surface area contributed by atoms with Crippen LogP contribution in [0, 0.1) is 0 Å². The van der Waals surface area contributed by atoms with E-state index in [0.717, 1.165) is 6.08 Å². The molecule has 0 aromatic carbocycles. The number of aliphatic hydroxyl groups is 1. The van der Waals surface area contributed by atoms with Gasteiger partial charge in [-0.2, -0.15) is 57.1 Å². The van der Waals surface area contributed by atoms with Crippen LogP contribution in [-0.2, 0) is 0 Å². The molecule has 0 bridgehead atoms. The molecule has 1 heterocycles. The Balaban J connectivity index is 3.46. The lowest BCUT2D eigenvalue weighted by molar-refractivity contribution is -0.450. The summed E-state index contributed by atoms with van der Waals surface area (Å²) < 4.78 is 172. The first-order chi connectivity index (χ1) is 13.1. The molecule has 30 heavy (non-hydrogen) atoms. The van der Waals surface area contributed by atoms with E-state index in [9.17, 15) is 62.2 Å². The van der Waals surface area contributed by atoms with E-state index in [-0.39, 0.29) is 5.75 Å². The maximum absolute atomic E-state index is 14.2. The number of hydrogen-bond acceptors (Lipinski definition) is 4. The summed E-state index contributed by atoms with van der Waals surface area (Å²) in [6.07, 6.45) is -7.97. The van der Waals surface area contributed by atoms with Gasteiger partial charge in [0, 0.05) is 18.7 Å². The number of thioether (sulfide) groups is 1. The predicted molar refractivity (Wildman–Crippen MR) is 78.4 cm³/mol. The smallest absolute Gasteiger partial charge is 0.366 e. The number of halogens is 13. The van der Waals surface area contributed by atoms with Gasteiger partial charge in [0.05, 0.1) is 0 Å². The van der Waals surface area contributed by atoms with Crippen LogP contribution in [0.1, 0.15) is 6.42 Å². The zero-order chi connectivity index (χ0) is 24.0. The van der Waals surface area contributed by atoms with Gasteiger partial charge in [0.2, 0.25) is 5.72 Å². The lowest BCUT2D eigenvalue weighted by Gasteiger charge is -2.46. The number of rotatable bonds is 7. The van der Waals surface area contributed by atoms with Gasteiger partial charge in [0.25, 0.3) is 0 Å². The van der Waals surface area contributed by atoms with Crippen molar-refractivity contribution in [1.29, 1.82) is 0 Å². The van der Waals surface area contributed by atoms with E-state index in [0.29, 0.717) is 11.8 Å². The van der Waals surface area contributed by atoms with Gasteiger partial charge < -0.3 is 10.4 Å². The van der Waals surface area contributed by atoms with E-state index in [2.05, 4.69) is 11.6 Å². The summed E-state index contributed by atoms with van der Waals surface area (Å²) in [5.41, 5.74) is -4.45. The van der Waals surface area contributed by atoms with Crippen LogP contribution in [0.4, 0.5) is 57.1 Å². The normalized spacial score (nSPS) is 22.4. The minimum atomic E-state index is -8.02. The standard InChI is InChI=1S/C13H11F13N2OS/c1-2-5-30-6-27-4-3-7(29,28-6)8(14,15)9(16,17)10(18,19)11(20,21)12(22,23)13(24,25)26/h2,29H,1,3-5H2,(H,27,28). The molecular formula is C13H11F13N2OS. The Kier molecular flexibility index (Phi) is 6.78. The van der Waals surface area contributed by atoms with Crippen LogP contribution in [-0.4, -0.2) is 64.1 Å². The van der Waals surface area contributed by atoms with E-state index in [1.165, 1.54) is 5.32 Å². The Morgan fingerprint density at radius 1 is 0.900 bits per heavy atom. The molecule has 0 radical (unpaired) electrons. The summed E-state index contributed by atoms with van der Waals surface area (Å²) >= 11 is 0.425. The highest BCUT2D eigenvalue weighted by Gasteiger charge is 2.92. The van der Waals surface area contributed by atoms with Gasteiger partial charge in [-0.25, -0.2) is 0 Å². The van der Waals surface area contributed by atoms with E-state index in [4.69, 9.17) is 0 Å². The number of nitrogens with zero attached hydrogens (tertiary/aromatic N) is 1. The molecule has 0 saturated heterocycles. The third kappa shape index (κ3) is 3.71. The molecule has 3 nitrogen and oxygen atoms in total. The van der Waals surface area contributed by atoms with Gasteiger partial charge in [-0.3, -0.25) is 4.99 Å². The summed E-state index contributed by atoms with van der Waals surface area (Å²) in [7, 11) is 0. The molecule has 2 N–H and O–H groups in total. The van der Waals surface area contributed by atoms with Crippen molar-refractivity contribution >= 4 is 16.9 Å². The highest BCUT2D eigenvalue weighted by Crippen LogP contribution is 2.61. The average molecular weight is 490 g/mol. The minimum Gasteiger partial charge on any atom is -0.366 e. The van der Waals surface area contributed by atoms with Crippen LogP contribution in [0.15, 0.2) is 17.6 Å². The average Bonchev–Trinajstić information content (AvgIpc) is 2.58. The predicted octanol–water partition coefficient (Wildman–Crippen LogP) is 4.68. The van der Waals surface area contributed by atoms with Crippen LogP contribution < -0.4 is 5.32 Å². The monoisotopic (exact) mass is 490 g/mol. The van der Waals surface area contributed by atoms with Crippen LogP contribution in [0.5, 0.6) is 0 Å². The zero-order valence-electron chi connectivity index (χ0n) is 14.1. The van der Waals surface area contributed by atoms with E-state index < -0.39 is 59.6 Å². The van der Waals surface area contributed by atoms with E-state index in [1.807, 2.05) is 0 Å². The lowest BCUT2D eigenvalue weighted by atomic mass is 9.87. The molecule has 1 unspecified atom stereocenters. The Bertz CT molecular complexity index is 691. The number of aliphatic imine (C=N–C) groups is 1. The Morgan fingerprint density at radius 3 is 1.80 bits per heavy atom. The quantitative estimate of drug-likeness (QED) is 0.403. The second-order valence-electron chi connectivity index (χ2n) is 5.89. The van der Waals surface area contributed by atoms with Crippen molar-refractivity contribution < 1.29 is 62.2 Å². The topological polar surface area (TPSA) is 44.6 Å². The second-order valence-corrected chi connectivity index (χ2v) is 6.90. The fourth-order valence-corrected chi connectivity index (χ4v) is 2.78. The van der Waals surface area contributed by atoms with Crippen molar-refractivity contribution in [2.75, 3.05) is 12.3 Å². The van der Waals surface area contributed by atoms with Gasteiger partial charge in [0.1, 0.15) is 0 Å². The molecule has 0 aromatic rings. The Morgan fingerprint density at radius 2 is 1.37 bits per heavy atom. The Labute approximate surface area is 163 Å². The van der Waals surface area contributed by atoms with Crippen molar-refractivity contribution in [3.8, 4) is 0 Å². The van der Waals surface area contributed by atoms with Gasteiger partial charge >= 0.3 is 35.8 Å². The summed E-state index contributed by atoms with van der Waals surface area (Å²) in [4.78, 5) is 3.42. The molecule has 1 aliphatic heterocycles. The Hall–Kier alpha value is -1.39. The van der Waals surface area contributed by atoms with E-state index in [1.54, 1.807) is 0 Å². The van der Waals surface area contributed by atoms with Crippen LogP contribution in [0.25, 0.3) is 0 Å². The molecule has 17 heteroatoms. The third-order valence-electron chi connectivity index (χ3n) is 3.83. The molecule has 0 amide bonds. The highest BCUT2D eigenvalue weighted by molar-refractivity contribution is 8.13. The molecule has 176 valence electrons. The van der Waals surface area contributed by atoms with Crippen molar-refractivity contribution in [1.82, 2.24) is 5.32 Å². The maximum atomic E-state index is 14.2. The molecule has 1 aliphatic rings. The fourth-order valence-electron chi connectivity index (χ4n) is 2.08. The van der Waals surface area contributed by atoms with Crippen molar-refractivity contribution in [3.05, 3.63) is 12.7 Å². The van der Waals surface area contributed by atoms with Crippen LogP contribution in [0.2, 0.25) is 0 Å². The largest absolute Gasteiger partial charge is 0.460 e. The fraction of sp³-hybridized carbons (Fsp3) is 0.769. The molecule has 0 fully saturated rings. The summed E-state index contributed by atoms with van der Waals surface area (Å²) in [5.74, 6) is -38.2. The van der Waals surface area contributed by atoms with E-state index >= 15 is 0 Å². The molecule has 0 spiro atoms.